The molecule has 1 heterocycles. The van der Waals surface area contributed by atoms with Gasteiger partial charge in [-0.1, -0.05) is 0 Å². The molecule has 142 valence electrons. The lowest BCUT2D eigenvalue weighted by Crippen LogP contribution is -2.50. The van der Waals surface area contributed by atoms with E-state index in [1.807, 2.05) is 0 Å². The number of ketones is 1. The highest BCUT2D eigenvalue weighted by molar-refractivity contribution is 5.97. The zero-order chi connectivity index (χ0) is 19.3. The summed E-state index contributed by atoms with van der Waals surface area (Å²) in [6.45, 7) is 2.27. The number of nitrogens with zero attached hydrogens (tertiary/aromatic N) is 1. The second-order valence-electron chi connectivity index (χ2n) is 6.01. The number of carboxylic acids is 1. The van der Waals surface area contributed by atoms with Gasteiger partial charge in [-0.3, -0.25) is 14.4 Å². The van der Waals surface area contributed by atoms with Crippen LogP contribution in [0.5, 0.6) is 11.5 Å². The van der Waals surface area contributed by atoms with E-state index in [0.29, 0.717) is 35.8 Å². The SMILES string of the molecule is COc1cc(CC(=O)N2CCOC[C@H]2CC(=O)O)c(C(C)=O)cc1OC. The average Bonchev–Trinajstić information content (AvgIpc) is 2.60. The Hall–Kier alpha value is -2.61. The molecule has 1 aromatic carbocycles. The zero-order valence-corrected chi connectivity index (χ0v) is 15.1. The van der Waals surface area contributed by atoms with E-state index in [0.717, 1.165) is 0 Å². The van der Waals surface area contributed by atoms with E-state index in [9.17, 15) is 14.4 Å². The second-order valence-corrected chi connectivity index (χ2v) is 6.01. The Kier molecular flexibility index (Phi) is 6.57. The van der Waals surface area contributed by atoms with Crippen molar-refractivity contribution in [1.82, 2.24) is 4.90 Å². The van der Waals surface area contributed by atoms with Crippen molar-refractivity contribution in [2.45, 2.75) is 25.8 Å². The first-order chi connectivity index (χ1) is 12.4. The Bertz CT molecular complexity index is 701. The van der Waals surface area contributed by atoms with Crippen molar-refractivity contribution < 1.29 is 33.7 Å². The molecule has 0 aliphatic carbocycles. The zero-order valence-electron chi connectivity index (χ0n) is 15.1. The number of carbonyl (C=O) groups is 3. The largest absolute Gasteiger partial charge is 0.493 e. The van der Waals surface area contributed by atoms with Gasteiger partial charge >= 0.3 is 5.97 Å². The van der Waals surface area contributed by atoms with Crippen LogP contribution in [-0.4, -0.2) is 67.7 Å². The molecule has 0 radical (unpaired) electrons. The van der Waals surface area contributed by atoms with Crippen LogP contribution in [0, 0.1) is 0 Å². The van der Waals surface area contributed by atoms with Crippen molar-refractivity contribution in [3.63, 3.8) is 0 Å². The van der Waals surface area contributed by atoms with Gasteiger partial charge in [0.1, 0.15) is 0 Å². The molecule has 1 atom stereocenters. The molecule has 0 unspecified atom stereocenters. The average molecular weight is 365 g/mol. The summed E-state index contributed by atoms with van der Waals surface area (Å²) in [4.78, 5) is 37.3. The molecule has 2 rings (SSSR count). The Morgan fingerprint density at radius 1 is 1.23 bits per heavy atom. The van der Waals surface area contributed by atoms with E-state index in [1.54, 1.807) is 12.1 Å². The topological polar surface area (TPSA) is 102 Å². The highest BCUT2D eigenvalue weighted by Gasteiger charge is 2.30. The van der Waals surface area contributed by atoms with Crippen molar-refractivity contribution >= 4 is 17.7 Å². The third kappa shape index (κ3) is 4.51. The monoisotopic (exact) mass is 365 g/mol. The van der Waals surface area contributed by atoms with Crippen LogP contribution in [0.1, 0.15) is 29.3 Å². The molecule has 1 fully saturated rings. The quantitative estimate of drug-likeness (QED) is 0.723. The normalized spacial score (nSPS) is 16.9. The van der Waals surface area contributed by atoms with Gasteiger partial charge in [0.25, 0.3) is 0 Å². The first-order valence-electron chi connectivity index (χ1n) is 8.22. The van der Waals surface area contributed by atoms with E-state index in [-0.39, 0.29) is 31.1 Å². The summed E-state index contributed by atoms with van der Waals surface area (Å²) in [5.74, 6) is -0.616. The molecule has 1 N–H and O–H groups in total. The minimum absolute atomic E-state index is 0.0363. The van der Waals surface area contributed by atoms with Crippen LogP contribution >= 0.6 is 0 Å². The summed E-state index contributed by atoms with van der Waals surface area (Å²) in [6.07, 6.45) is -0.220. The maximum Gasteiger partial charge on any atom is 0.305 e. The highest BCUT2D eigenvalue weighted by Crippen LogP contribution is 2.31. The van der Waals surface area contributed by atoms with Crippen molar-refractivity contribution in [1.29, 1.82) is 0 Å². The van der Waals surface area contributed by atoms with E-state index >= 15 is 0 Å². The standard InChI is InChI=1S/C18H23NO7/c1-11(20)14-9-16(25-3)15(24-2)6-12(14)7-17(21)19-4-5-26-10-13(19)8-18(22)23/h6,9,13H,4-5,7-8,10H2,1-3H3,(H,22,23)/t13-/m1/s1. The predicted octanol–water partition coefficient (Wildman–Crippen LogP) is 1.15. The van der Waals surface area contributed by atoms with Gasteiger partial charge in [0, 0.05) is 12.1 Å². The van der Waals surface area contributed by atoms with E-state index in [1.165, 1.54) is 26.0 Å². The van der Waals surface area contributed by atoms with Crippen molar-refractivity contribution in [3.05, 3.63) is 23.3 Å². The lowest BCUT2D eigenvalue weighted by molar-refractivity contribution is -0.145. The van der Waals surface area contributed by atoms with E-state index in [2.05, 4.69) is 0 Å². The first-order valence-corrected chi connectivity index (χ1v) is 8.22. The fourth-order valence-electron chi connectivity index (χ4n) is 3.01. The molecule has 0 saturated carbocycles. The van der Waals surface area contributed by atoms with Crippen LogP contribution in [0.4, 0.5) is 0 Å². The van der Waals surface area contributed by atoms with Crippen molar-refractivity contribution in [3.8, 4) is 11.5 Å². The maximum atomic E-state index is 12.8. The second kappa shape index (κ2) is 8.66. The number of hydrogen-bond acceptors (Lipinski definition) is 6. The van der Waals surface area contributed by atoms with Gasteiger partial charge < -0.3 is 24.2 Å². The maximum absolute atomic E-state index is 12.8. The molecule has 0 spiro atoms. The number of amides is 1. The van der Waals surface area contributed by atoms with Crippen LogP contribution in [0.15, 0.2) is 12.1 Å². The molecule has 26 heavy (non-hydrogen) atoms. The van der Waals surface area contributed by atoms with Gasteiger partial charge in [-0.2, -0.15) is 0 Å². The van der Waals surface area contributed by atoms with Crippen LogP contribution < -0.4 is 9.47 Å². The molecule has 1 saturated heterocycles. The fourth-order valence-corrected chi connectivity index (χ4v) is 3.01. The van der Waals surface area contributed by atoms with E-state index in [4.69, 9.17) is 19.3 Å². The van der Waals surface area contributed by atoms with Gasteiger partial charge in [-0.05, 0) is 24.6 Å². The molecular formula is C18H23NO7. The first kappa shape index (κ1) is 19.7. The number of benzene rings is 1. The molecule has 0 aromatic heterocycles. The third-order valence-electron chi connectivity index (χ3n) is 4.29. The lowest BCUT2D eigenvalue weighted by Gasteiger charge is -2.35. The molecule has 1 amide bonds. The van der Waals surface area contributed by atoms with Crippen LogP contribution in [0.3, 0.4) is 0 Å². The van der Waals surface area contributed by atoms with Gasteiger partial charge in [-0.15, -0.1) is 0 Å². The summed E-state index contributed by atoms with van der Waals surface area (Å²) in [5, 5.41) is 9.03. The Balaban J connectivity index is 2.29. The van der Waals surface area contributed by atoms with Crippen molar-refractivity contribution in [2.24, 2.45) is 0 Å². The number of ether oxygens (including phenoxy) is 3. The number of carboxylic acid groups (broad SMARTS) is 1. The molecule has 8 nitrogen and oxygen atoms in total. The lowest BCUT2D eigenvalue weighted by atomic mass is 9.99. The van der Waals surface area contributed by atoms with Crippen LogP contribution in [0.2, 0.25) is 0 Å². The fraction of sp³-hybridized carbons (Fsp3) is 0.500. The van der Waals surface area contributed by atoms with Gasteiger partial charge in [0.15, 0.2) is 17.3 Å². The molecule has 8 heteroatoms. The molecule has 1 aliphatic rings. The van der Waals surface area contributed by atoms with Gasteiger partial charge in [0.2, 0.25) is 5.91 Å². The number of Topliss-reactive ketones (excluding diaryl/α,β-unsaturated/α-hetero) is 1. The Labute approximate surface area is 151 Å². The summed E-state index contributed by atoms with van der Waals surface area (Å²) in [6, 6.07) is 2.65. The number of methoxy groups -OCH3 is 2. The molecule has 1 aliphatic heterocycles. The minimum atomic E-state index is -0.992. The van der Waals surface area contributed by atoms with Crippen LogP contribution in [-0.2, 0) is 20.7 Å². The molecular weight excluding hydrogens is 342 g/mol. The van der Waals surface area contributed by atoms with E-state index < -0.39 is 12.0 Å². The van der Waals surface area contributed by atoms with Crippen molar-refractivity contribution in [2.75, 3.05) is 34.0 Å². The summed E-state index contributed by atoms with van der Waals surface area (Å²) >= 11 is 0. The number of morpholine rings is 1. The molecule has 1 aromatic rings. The predicted molar refractivity (Wildman–Crippen MR) is 91.8 cm³/mol. The smallest absolute Gasteiger partial charge is 0.305 e. The molecule has 0 bridgehead atoms. The number of rotatable bonds is 7. The Morgan fingerprint density at radius 2 is 1.88 bits per heavy atom. The summed E-state index contributed by atoms with van der Waals surface area (Å²) < 4.78 is 15.8. The summed E-state index contributed by atoms with van der Waals surface area (Å²) in [7, 11) is 2.94. The van der Waals surface area contributed by atoms with Gasteiger partial charge in [-0.25, -0.2) is 0 Å². The number of carbonyl (C=O) groups excluding carboxylic acids is 2. The highest BCUT2D eigenvalue weighted by atomic mass is 16.5. The third-order valence-corrected chi connectivity index (χ3v) is 4.29. The number of aliphatic carboxylic acids is 1. The summed E-state index contributed by atoms with van der Waals surface area (Å²) in [5.41, 5.74) is 0.889. The van der Waals surface area contributed by atoms with Crippen LogP contribution in [0.25, 0.3) is 0 Å². The van der Waals surface area contributed by atoms with Gasteiger partial charge in [0.05, 0.1) is 46.3 Å². The number of hydrogen-bond donors (Lipinski definition) is 1. The Morgan fingerprint density at radius 3 is 2.46 bits per heavy atom. The minimum Gasteiger partial charge on any atom is -0.493 e.